The van der Waals surface area contributed by atoms with E-state index in [1.54, 1.807) is 25.4 Å². The second-order valence-corrected chi connectivity index (χ2v) is 11.8. The third kappa shape index (κ3) is 4.96. The van der Waals surface area contributed by atoms with E-state index in [0.29, 0.717) is 72.2 Å². The molecule has 0 N–H and O–H groups in total. The Morgan fingerprint density at radius 2 is 1.91 bits per heavy atom. The summed E-state index contributed by atoms with van der Waals surface area (Å²) in [6, 6.07) is 9.15. The fourth-order valence-corrected chi connectivity index (χ4v) is 6.34. The zero-order valence-electron chi connectivity index (χ0n) is 25.9. The lowest BCUT2D eigenvalue weighted by atomic mass is 9.93. The maximum absolute atomic E-state index is 17.4. The second kappa shape index (κ2) is 11.9. The number of piperazine rings is 1. The number of carbonyl (C=O) groups is 1. The van der Waals surface area contributed by atoms with Crippen LogP contribution in [0.15, 0.2) is 41.3 Å². The maximum Gasteiger partial charge on any atom is 0.354 e. The highest BCUT2D eigenvalue weighted by atomic mass is 19.1. The molecule has 10 heteroatoms. The average molecular weight is 600 g/mol. The number of amides is 1. The van der Waals surface area contributed by atoms with E-state index in [0.717, 1.165) is 24.0 Å². The number of ether oxygens (including phenoxy) is 2. The van der Waals surface area contributed by atoms with Gasteiger partial charge in [0.15, 0.2) is 5.82 Å². The molecule has 0 unspecified atom stereocenters. The van der Waals surface area contributed by atoms with Gasteiger partial charge in [-0.05, 0) is 43.0 Å². The van der Waals surface area contributed by atoms with Gasteiger partial charge in [0.05, 0.1) is 29.6 Å². The number of aromatic nitrogens is 3. The first-order chi connectivity index (χ1) is 21.2. The maximum atomic E-state index is 17.4. The molecule has 2 aromatic carbocycles. The minimum Gasteiger partial charge on any atom is -0.496 e. The fraction of sp³-hybridized carbons (Fsp3) is 0.412. The zero-order valence-corrected chi connectivity index (χ0v) is 25.9. The van der Waals surface area contributed by atoms with Crippen LogP contribution in [0.3, 0.4) is 0 Å². The topological polar surface area (TPSA) is 89.8 Å². The first kappa shape index (κ1) is 29.6. The van der Waals surface area contributed by atoms with Crippen molar-refractivity contribution in [2.24, 2.45) is 0 Å². The number of anilines is 1. The van der Waals surface area contributed by atoms with Crippen molar-refractivity contribution >= 4 is 22.6 Å². The van der Waals surface area contributed by atoms with Crippen molar-refractivity contribution in [1.29, 1.82) is 0 Å². The number of aryl methyl sites for hydroxylation is 1. The summed E-state index contributed by atoms with van der Waals surface area (Å²) in [4.78, 5) is 39.8. The number of benzene rings is 2. The summed E-state index contributed by atoms with van der Waals surface area (Å²) < 4.78 is 30.5. The molecule has 1 fully saturated rings. The Morgan fingerprint density at radius 3 is 2.61 bits per heavy atom. The molecule has 0 spiro atoms. The lowest BCUT2D eigenvalue weighted by molar-refractivity contribution is -0.131. The van der Waals surface area contributed by atoms with E-state index in [4.69, 9.17) is 9.47 Å². The molecule has 0 bridgehead atoms. The lowest BCUT2D eigenvalue weighted by Crippen LogP contribution is -2.49. The van der Waals surface area contributed by atoms with Gasteiger partial charge in [0.25, 0.3) is 0 Å². The van der Waals surface area contributed by atoms with Crippen LogP contribution in [-0.4, -0.2) is 58.6 Å². The summed E-state index contributed by atoms with van der Waals surface area (Å²) in [5.74, 6) is 0.780. The van der Waals surface area contributed by atoms with Crippen LogP contribution in [0.2, 0.25) is 0 Å². The van der Waals surface area contributed by atoms with Crippen LogP contribution in [0.1, 0.15) is 62.8 Å². The highest BCUT2D eigenvalue weighted by Gasteiger charge is 2.32. The first-order valence-electron chi connectivity index (χ1n) is 15.3. The summed E-state index contributed by atoms with van der Waals surface area (Å²) in [6.45, 7) is 10.2. The van der Waals surface area contributed by atoms with E-state index < -0.39 is 11.5 Å². The van der Waals surface area contributed by atoms with Crippen LogP contribution in [0.4, 0.5) is 10.2 Å². The van der Waals surface area contributed by atoms with Crippen molar-refractivity contribution in [1.82, 2.24) is 19.4 Å². The summed E-state index contributed by atoms with van der Waals surface area (Å²) in [6.07, 6.45) is 4.04. The molecule has 2 aliphatic heterocycles. The summed E-state index contributed by atoms with van der Waals surface area (Å²) in [5, 5.41) is 0.461. The number of rotatable bonds is 7. The van der Waals surface area contributed by atoms with Crippen LogP contribution in [0, 0.1) is 12.7 Å². The number of carbonyl (C=O) groups excluding carboxylic acids is 1. The van der Waals surface area contributed by atoms with Crippen molar-refractivity contribution in [3.05, 3.63) is 69.7 Å². The Bertz CT molecular complexity index is 1800. The molecule has 2 aromatic heterocycles. The van der Waals surface area contributed by atoms with E-state index >= 15 is 4.39 Å². The largest absolute Gasteiger partial charge is 0.496 e. The van der Waals surface area contributed by atoms with Gasteiger partial charge >= 0.3 is 5.69 Å². The van der Waals surface area contributed by atoms with Gasteiger partial charge in [-0.2, -0.15) is 4.98 Å². The van der Waals surface area contributed by atoms with Crippen molar-refractivity contribution in [3.8, 4) is 28.3 Å². The van der Waals surface area contributed by atoms with E-state index in [-0.39, 0.29) is 29.5 Å². The smallest absolute Gasteiger partial charge is 0.354 e. The van der Waals surface area contributed by atoms with E-state index in [1.807, 2.05) is 48.8 Å². The van der Waals surface area contributed by atoms with E-state index in [2.05, 4.69) is 16.9 Å². The van der Waals surface area contributed by atoms with Crippen molar-refractivity contribution in [2.75, 3.05) is 38.2 Å². The third-order valence-electron chi connectivity index (χ3n) is 8.63. The standard InChI is InChI=1S/C34H38FN5O4/c1-6-7-11-26(41)38-14-16-39(17-15-38)33-23-18-25-28(27-22(19-44-25)9-8-10-24(27)43-5)29(35)32(23)40(34(42)37-33)31-21(4)12-13-36-30(31)20(2)3/h8-10,12-13,18,20H,6-7,11,14-17,19H2,1-5H3. The minimum absolute atomic E-state index is 0.0327. The highest BCUT2D eigenvalue weighted by Crippen LogP contribution is 2.48. The van der Waals surface area contributed by atoms with E-state index in [1.165, 1.54) is 4.57 Å². The molecule has 4 aromatic rings. The van der Waals surface area contributed by atoms with Gasteiger partial charge in [-0.15, -0.1) is 0 Å². The van der Waals surface area contributed by atoms with Crippen LogP contribution in [0.5, 0.6) is 11.5 Å². The molecule has 0 radical (unpaired) electrons. The average Bonchev–Trinajstić information content (AvgIpc) is 3.03. The van der Waals surface area contributed by atoms with Gasteiger partial charge in [0.2, 0.25) is 5.91 Å². The fourth-order valence-electron chi connectivity index (χ4n) is 6.34. The van der Waals surface area contributed by atoms with Crippen molar-refractivity contribution in [3.63, 3.8) is 0 Å². The van der Waals surface area contributed by atoms with E-state index in [9.17, 15) is 9.59 Å². The number of fused-ring (bicyclic) bond motifs is 4. The predicted molar refractivity (Wildman–Crippen MR) is 169 cm³/mol. The lowest BCUT2D eigenvalue weighted by Gasteiger charge is -2.36. The van der Waals surface area contributed by atoms with Gasteiger partial charge < -0.3 is 19.3 Å². The molecule has 9 nitrogen and oxygen atoms in total. The molecule has 1 saturated heterocycles. The Hall–Kier alpha value is -4.47. The SMILES string of the molecule is CCCCC(=O)N1CCN(c2nc(=O)n(-c3c(C)ccnc3C(C)C)c3c(F)c4c(cc23)OCc2cccc(OC)c2-4)CC1. The molecule has 6 rings (SSSR count). The molecular formula is C34H38FN5O4. The van der Waals surface area contributed by atoms with Gasteiger partial charge in [0.1, 0.15) is 23.9 Å². The number of unbranched alkanes of at least 4 members (excludes halogenated alkanes) is 1. The number of methoxy groups -OCH3 is 1. The minimum atomic E-state index is -0.595. The number of hydrogen-bond acceptors (Lipinski definition) is 7. The molecule has 0 aliphatic carbocycles. The third-order valence-corrected chi connectivity index (χ3v) is 8.63. The Morgan fingerprint density at radius 1 is 1.14 bits per heavy atom. The Kier molecular flexibility index (Phi) is 8.00. The number of nitrogens with zero attached hydrogens (tertiary/aromatic N) is 5. The highest BCUT2D eigenvalue weighted by molar-refractivity contribution is 5.98. The summed E-state index contributed by atoms with van der Waals surface area (Å²) >= 11 is 0. The molecule has 44 heavy (non-hydrogen) atoms. The molecule has 0 atom stereocenters. The number of pyridine rings is 1. The molecule has 4 heterocycles. The monoisotopic (exact) mass is 599 g/mol. The first-order valence-corrected chi connectivity index (χ1v) is 15.3. The Balaban J connectivity index is 1.60. The van der Waals surface area contributed by atoms with Crippen molar-refractivity contribution in [2.45, 2.75) is 59.5 Å². The van der Waals surface area contributed by atoms with Gasteiger partial charge in [-0.3, -0.25) is 14.3 Å². The second-order valence-electron chi connectivity index (χ2n) is 11.8. The molecular weight excluding hydrogens is 561 g/mol. The van der Waals surface area contributed by atoms with Crippen LogP contribution in [-0.2, 0) is 11.4 Å². The predicted octanol–water partition coefficient (Wildman–Crippen LogP) is 5.76. The molecule has 2 aliphatic rings. The van der Waals surface area contributed by atoms with Crippen LogP contribution >= 0.6 is 0 Å². The molecule has 0 saturated carbocycles. The van der Waals surface area contributed by atoms with Gasteiger partial charge in [0, 0.05) is 55.3 Å². The normalized spacial score (nSPS) is 14.4. The quantitative estimate of drug-likeness (QED) is 0.267. The zero-order chi connectivity index (χ0) is 31.1. The van der Waals surface area contributed by atoms with Gasteiger partial charge in [-0.1, -0.05) is 39.3 Å². The van der Waals surface area contributed by atoms with Gasteiger partial charge in [-0.25, -0.2) is 9.18 Å². The summed E-state index contributed by atoms with van der Waals surface area (Å²) in [5.41, 5.74) is 3.16. The number of halogens is 1. The molecule has 230 valence electrons. The molecule has 1 amide bonds. The van der Waals surface area contributed by atoms with Crippen LogP contribution < -0.4 is 20.1 Å². The van der Waals surface area contributed by atoms with Crippen LogP contribution in [0.25, 0.3) is 27.7 Å². The summed E-state index contributed by atoms with van der Waals surface area (Å²) in [7, 11) is 1.56. The van der Waals surface area contributed by atoms with Crippen molar-refractivity contribution < 1.29 is 18.7 Å². The number of hydrogen-bond donors (Lipinski definition) is 0. The Labute approximate surface area is 256 Å².